The van der Waals surface area contributed by atoms with E-state index >= 15 is 0 Å². The topological polar surface area (TPSA) is 52.6 Å². The van der Waals surface area contributed by atoms with Gasteiger partial charge in [-0.1, -0.05) is 19.9 Å². The lowest BCUT2D eigenvalue weighted by Gasteiger charge is -2.05. The number of hydrogen-bond acceptors (Lipinski definition) is 4. The molecule has 0 saturated heterocycles. The van der Waals surface area contributed by atoms with Crippen LogP contribution in [-0.2, 0) is 14.3 Å². The molecule has 0 amide bonds. The summed E-state index contributed by atoms with van der Waals surface area (Å²) in [6, 6.07) is 5.38. The lowest BCUT2D eigenvalue weighted by atomic mass is 10.1. The van der Waals surface area contributed by atoms with E-state index in [1.54, 1.807) is 12.1 Å². The van der Waals surface area contributed by atoms with Gasteiger partial charge in [0.2, 0.25) is 0 Å². The summed E-state index contributed by atoms with van der Waals surface area (Å²) >= 11 is 0. The van der Waals surface area contributed by atoms with Crippen molar-refractivity contribution in [1.29, 1.82) is 0 Å². The first-order valence-electron chi connectivity index (χ1n) is 7.52. The molecular formula is C18H24O4. The Morgan fingerprint density at radius 3 is 2.41 bits per heavy atom. The van der Waals surface area contributed by atoms with Crippen LogP contribution in [-0.4, -0.2) is 18.5 Å². The molecule has 4 heteroatoms. The third-order valence-corrected chi connectivity index (χ3v) is 3.22. The van der Waals surface area contributed by atoms with Crippen molar-refractivity contribution in [3.05, 3.63) is 41.5 Å². The molecular weight excluding hydrogens is 280 g/mol. The summed E-state index contributed by atoms with van der Waals surface area (Å²) in [5.74, 6) is -0.0755. The first-order chi connectivity index (χ1) is 10.4. The second-order valence-corrected chi connectivity index (χ2v) is 5.70. The van der Waals surface area contributed by atoms with E-state index in [9.17, 15) is 9.59 Å². The summed E-state index contributed by atoms with van der Waals surface area (Å²) in [6.07, 6.45) is 4.01. The SMILES string of the molecule is Cc1ccc(OC(=O)/C=C/C(=O)OCCCC(C)C)cc1C. The van der Waals surface area contributed by atoms with Crippen LogP contribution < -0.4 is 4.74 Å². The maximum absolute atomic E-state index is 11.6. The Kier molecular flexibility index (Phi) is 7.37. The zero-order chi connectivity index (χ0) is 16.5. The lowest BCUT2D eigenvalue weighted by molar-refractivity contribution is -0.138. The minimum atomic E-state index is -0.595. The molecule has 0 spiro atoms. The number of hydrogen-bond donors (Lipinski definition) is 0. The Balaban J connectivity index is 2.37. The first-order valence-corrected chi connectivity index (χ1v) is 7.52. The summed E-state index contributed by atoms with van der Waals surface area (Å²) in [5.41, 5.74) is 2.17. The van der Waals surface area contributed by atoms with Gasteiger partial charge in [-0.3, -0.25) is 0 Å². The van der Waals surface area contributed by atoms with Crippen molar-refractivity contribution in [2.75, 3.05) is 6.61 Å². The highest BCUT2D eigenvalue weighted by atomic mass is 16.5. The van der Waals surface area contributed by atoms with Crippen LogP contribution in [0.3, 0.4) is 0 Å². The largest absolute Gasteiger partial charge is 0.463 e. The van der Waals surface area contributed by atoms with E-state index in [4.69, 9.17) is 9.47 Å². The number of carbonyl (C=O) groups is 2. The predicted octanol–water partition coefficient (Wildman–Crippen LogP) is 3.74. The Hall–Kier alpha value is -2.10. The third kappa shape index (κ3) is 7.07. The molecule has 0 heterocycles. The standard InChI is InChI=1S/C18H24O4/c1-13(2)6-5-11-21-17(19)9-10-18(20)22-16-8-7-14(3)15(4)12-16/h7-10,12-13H,5-6,11H2,1-4H3/b10-9+. The highest BCUT2D eigenvalue weighted by molar-refractivity contribution is 5.92. The van der Waals surface area contributed by atoms with Gasteiger partial charge in [-0.15, -0.1) is 0 Å². The fraction of sp³-hybridized carbons (Fsp3) is 0.444. The molecule has 4 nitrogen and oxygen atoms in total. The van der Waals surface area contributed by atoms with Crippen LogP contribution in [0, 0.1) is 19.8 Å². The van der Waals surface area contributed by atoms with Gasteiger partial charge in [0.05, 0.1) is 6.61 Å². The Labute approximate surface area is 132 Å². The van der Waals surface area contributed by atoms with Gasteiger partial charge in [-0.2, -0.15) is 0 Å². The average molecular weight is 304 g/mol. The number of rotatable bonds is 7. The van der Waals surface area contributed by atoms with E-state index in [1.807, 2.05) is 19.9 Å². The lowest BCUT2D eigenvalue weighted by Crippen LogP contribution is -2.07. The van der Waals surface area contributed by atoms with Crippen LogP contribution in [0.1, 0.15) is 37.8 Å². The van der Waals surface area contributed by atoms with Crippen LogP contribution in [0.15, 0.2) is 30.4 Å². The van der Waals surface area contributed by atoms with Crippen molar-refractivity contribution >= 4 is 11.9 Å². The van der Waals surface area contributed by atoms with Gasteiger partial charge in [-0.05, 0) is 55.9 Å². The van der Waals surface area contributed by atoms with Crippen molar-refractivity contribution in [2.24, 2.45) is 5.92 Å². The predicted molar refractivity (Wildman–Crippen MR) is 85.7 cm³/mol. The first kappa shape index (κ1) is 18.0. The van der Waals surface area contributed by atoms with Crippen LogP contribution >= 0.6 is 0 Å². The molecule has 22 heavy (non-hydrogen) atoms. The number of benzene rings is 1. The fourth-order valence-corrected chi connectivity index (χ4v) is 1.78. The maximum atomic E-state index is 11.6. The molecule has 0 fully saturated rings. The number of ether oxygens (including phenoxy) is 2. The maximum Gasteiger partial charge on any atom is 0.336 e. The summed E-state index contributed by atoms with van der Waals surface area (Å²) < 4.78 is 10.1. The normalized spacial score (nSPS) is 11.0. The van der Waals surface area contributed by atoms with Gasteiger partial charge >= 0.3 is 11.9 Å². The summed E-state index contributed by atoms with van der Waals surface area (Å²) in [4.78, 5) is 23.0. The molecule has 0 atom stereocenters. The van der Waals surface area contributed by atoms with Gasteiger partial charge in [0.15, 0.2) is 0 Å². The van der Waals surface area contributed by atoms with E-state index in [0.717, 1.165) is 36.1 Å². The fourth-order valence-electron chi connectivity index (χ4n) is 1.78. The second-order valence-electron chi connectivity index (χ2n) is 5.70. The number of esters is 2. The van der Waals surface area contributed by atoms with Gasteiger partial charge < -0.3 is 9.47 Å². The smallest absolute Gasteiger partial charge is 0.336 e. The van der Waals surface area contributed by atoms with Crippen LogP contribution in [0.5, 0.6) is 5.75 Å². The van der Waals surface area contributed by atoms with Crippen molar-refractivity contribution < 1.29 is 19.1 Å². The third-order valence-electron chi connectivity index (χ3n) is 3.22. The summed E-state index contributed by atoms with van der Waals surface area (Å²) in [5, 5.41) is 0. The monoisotopic (exact) mass is 304 g/mol. The Bertz CT molecular complexity index is 544. The summed E-state index contributed by atoms with van der Waals surface area (Å²) in [6.45, 7) is 8.52. The van der Waals surface area contributed by atoms with Gasteiger partial charge in [-0.25, -0.2) is 9.59 Å². The highest BCUT2D eigenvalue weighted by Crippen LogP contribution is 2.16. The molecule has 0 unspecified atom stereocenters. The van der Waals surface area contributed by atoms with Crippen molar-refractivity contribution in [1.82, 2.24) is 0 Å². The van der Waals surface area contributed by atoms with E-state index < -0.39 is 11.9 Å². The van der Waals surface area contributed by atoms with Gasteiger partial charge in [0.25, 0.3) is 0 Å². The molecule has 0 saturated carbocycles. The van der Waals surface area contributed by atoms with Crippen LogP contribution in [0.25, 0.3) is 0 Å². The molecule has 120 valence electrons. The van der Waals surface area contributed by atoms with Gasteiger partial charge in [0.1, 0.15) is 5.75 Å². The average Bonchev–Trinajstić information content (AvgIpc) is 2.45. The highest BCUT2D eigenvalue weighted by Gasteiger charge is 2.04. The van der Waals surface area contributed by atoms with E-state index in [0.29, 0.717) is 18.3 Å². The summed E-state index contributed by atoms with van der Waals surface area (Å²) in [7, 11) is 0. The minimum Gasteiger partial charge on any atom is -0.463 e. The molecule has 1 aromatic rings. The number of aryl methyl sites for hydroxylation is 2. The molecule has 1 aromatic carbocycles. The molecule has 0 aliphatic rings. The molecule has 0 aliphatic carbocycles. The second kappa shape index (κ2) is 9.03. The van der Waals surface area contributed by atoms with Crippen LogP contribution in [0.2, 0.25) is 0 Å². The molecule has 0 aromatic heterocycles. The Morgan fingerprint density at radius 2 is 1.77 bits per heavy atom. The van der Waals surface area contributed by atoms with Crippen molar-refractivity contribution in [3.8, 4) is 5.75 Å². The van der Waals surface area contributed by atoms with Gasteiger partial charge in [0, 0.05) is 12.2 Å². The zero-order valence-corrected chi connectivity index (χ0v) is 13.7. The molecule has 1 rings (SSSR count). The van der Waals surface area contributed by atoms with E-state index in [-0.39, 0.29) is 0 Å². The molecule has 0 N–H and O–H groups in total. The van der Waals surface area contributed by atoms with Crippen LogP contribution in [0.4, 0.5) is 0 Å². The van der Waals surface area contributed by atoms with E-state index in [2.05, 4.69) is 13.8 Å². The van der Waals surface area contributed by atoms with E-state index in [1.165, 1.54) is 0 Å². The van der Waals surface area contributed by atoms with Crippen molar-refractivity contribution in [3.63, 3.8) is 0 Å². The number of carbonyl (C=O) groups excluding carboxylic acids is 2. The minimum absolute atomic E-state index is 0.369. The zero-order valence-electron chi connectivity index (χ0n) is 13.7. The quantitative estimate of drug-likeness (QED) is 0.333. The molecule has 0 bridgehead atoms. The van der Waals surface area contributed by atoms with Crippen molar-refractivity contribution in [2.45, 2.75) is 40.5 Å². The molecule has 0 aliphatic heterocycles. The molecule has 0 radical (unpaired) electrons. The Morgan fingerprint density at radius 1 is 1.09 bits per heavy atom.